The van der Waals surface area contributed by atoms with Crippen LogP contribution in [0.2, 0.25) is 0 Å². The molecule has 1 atom stereocenters. The number of nitrogens with zero attached hydrogens (tertiary/aromatic N) is 2. The molecule has 2 rings (SSSR count). The normalized spacial score (nSPS) is 21.3. The van der Waals surface area contributed by atoms with E-state index in [-0.39, 0.29) is 0 Å². The average Bonchev–Trinajstić information content (AvgIpc) is 2.39. The Morgan fingerprint density at radius 3 is 2.83 bits per heavy atom. The van der Waals surface area contributed by atoms with Crippen LogP contribution in [0.4, 0.5) is 5.69 Å². The zero-order chi connectivity index (χ0) is 13.0. The topological polar surface area (TPSA) is 18.5 Å². The molecule has 1 aromatic rings. The second kappa shape index (κ2) is 6.55. The Morgan fingerprint density at radius 1 is 1.33 bits per heavy atom. The first-order chi connectivity index (χ1) is 8.72. The summed E-state index contributed by atoms with van der Waals surface area (Å²) >= 11 is 3.65. The molecule has 1 saturated heterocycles. The van der Waals surface area contributed by atoms with Gasteiger partial charge in [0.1, 0.15) is 0 Å². The molecule has 1 aromatic carbocycles. The number of hydrogen-bond acceptors (Lipinski definition) is 3. The Balaban J connectivity index is 2.05. The third-order valence-electron chi connectivity index (χ3n) is 3.70. The maximum Gasteiger partial charge on any atom is 0.0511 e. The Bertz CT molecular complexity index is 383. The highest BCUT2D eigenvalue weighted by Crippen LogP contribution is 2.27. The van der Waals surface area contributed by atoms with Gasteiger partial charge in [-0.1, -0.05) is 12.1 Å². The molecule has 1 fully saturated rings. The van der Waals surface area contributed by atoms with Crippen molar-refractivity contribution in [1.82, 2.24) is 10.2 Å². The molecule has 1 heterocycles. The molecule has 0 aromatic heterocycles. The van der Waals surface area contributed by atoms with E-state index < -0.39 is 0 Å². The van der Waals surface area contributed by atoms with Crippen molar-refractivity contribution in [1.29, 1.82) is 0 Å². The van der Waals surface area contributed by atoms with Crippen molar-refractivity contribution < 1.29 is 0 Å². The number of hydrogen-bond donors (Lipinski definition) is 1. The van der Waals surface area contributed by atoms with Gasteiger partial charge in [-0.3, -0.25) is 4.90 Å². The van der Waals surface area contributed by atoms with Gasteiger partial charge in [-0.05, 0) is 55.1 Å². The van der Waals surface area contributed by atoms with Crippen LogP contribution in [0.5, 0.6) is 0 Å². The summed E-state index contributed by atoms with van der Waals surface area (Å²) in [4.78, 5) is 4.97. The molecule has 0 bridgehead atoms. The molecule has 18 heavy (non-hydrogen) atoms. The summed E-state index contributed by atoms with van der Waals surface area (Å²) in [5, 5.41) is 3.25. The van der Waals surface area contributed by atoms with Gasteiger partial charge in [0.2, 0.25) is 0 Å². The number of benzene rings is 1. The van der Waals surface area contributed by atoms with Crippen LogP contribution in [0, 0.1) is 0 Å². The summed E-state index contributed by atoms with van der Waals surface area (Å²) in [6, 6.07) is 9.14. The van der Waals surface area contributed by atoms with E-state index >= 15 is 0 Å². The third kappa shape index (κ3) is 3.25. The van der Waals surface area contributed by atoms with Crippen molar-refractivity contribution in [2.75, 3.05) is 45.2 Å². The summed E-state index contributed by atoms with van der Waals surface area (Å²) in [5.74, 6) is 0. The SMILES string of the molecule is CNCCC1CN(c2ccccc2Br)CCN1C. The lowest BCUT2D eigenvalue weighted by Crippen LogP contribution is -2.52. The van der Waals surface area contributed by atoms with Crippen LogP contribution >= 0.6 is 15.9 Å². The smallest absolute Gasteiger partial charge is 0.0511 e. The zero-order valence-electron chi connectivity index (χ0n) is 11.2. The van der Waals surface area contributed by atoms with Crippen molar-refractivity contribution in [3.05, 3.63) is 28.7 Å². The number of likely N-dealkylation sites (N-methyl/N-ethyl adjacent to an activating group) is 1. The van der Waals surface area contributed by atoms with Gasteiger partial charge in [0.05, 0.1) is 5.69 Å². The van der Waals surface area contributed by atoms with Crippen LogP contribution in [0.25, 0.3) is 0 Å². The van der Waals surface area contributed by atoms with Gasteiger partial charge in [0, 0.05) is 30.1 Å². The van der Waals surface area contributed by atoms with E-state index in [0.717, 1.165) is 26.2 Å². The molecule has 3 nitrogen and oxygen atoms in total. The number of nitrogens with one attached hydrogen (secondary N) is 1. The second-order valence-corrected chi connectivity index (χ2v) is 5.78. The molecule has 1 aliphatic heterocycles. The van der Waals surface area contributed by atoms with E-state index in [2.05, 4.69) is 62.4 Å². The van der Waals surface area contributed by atoms with E-state index in [1.807, 2.05) is 7.05 Å². The van der Waals surface area contributed by atoms with Gasteiger partial charge in [-0.2, -0.15) is 0 Å². The molecule has 4 heteroatoms. The number of anilines is 1. The first kappa shape index (κ1) is 13.8. The minimum Gasteiger partial charge on any atom is -0.368 e. The van der Waals surface area contributed by atoms with Crippen molar-refractivity contribution in [2.24, 2.45) is 0 Å². The van der Waals surface area contributed by atoms with Crippen LogP contribution in [-0.2, 0) is 0 Å². The number of halogens is 1. The van der Waals surface area contributed by atoms with E-state index in [9.17, 15) is 0 Å². The lowest BCUT2D eigenvalue weighted by Gasteiger charge is -2.41. The molecule has 0 radical (unpaired) electrons. The molecule has 0 saturated carbocycles. The second-order valence-electron chi connectivity index (χ2n) is 4.92. The minimum absolute atomic E-state index is 0.637. The van der Waals surface area contributed by atoms with Gasteiger partial charge < -0.3 is 10.2 Å². The molecular weight excluding hydrogens is 290 g/mol. The highest BCUT2D eigenvalue weighted by molar-refractivity contribution is 9.10. The first-order valence-corrected chi connectivity index (χ1v) is 7.36. The fourth-order valence-electron chi connectivity index (χ4n) is 2.50. The number of rotatable bonds is 4. The van der Waals surface area contributed by atoms with Crippen LogP contribution < -0.4 is 10.2 Å². The molecular formula is C14H22BrN3. The highest BCUT2D eigenvalue weighted by atomic mass is 79.9. The quantitative estimate of drug-likeness (QED) is 0.919. The van der Waals surface area contributed by atoms with Gasteiger partial charge in [-0.15, -0.1) is 0 Å². The van der Waals surface area contributed by atoms with Crippen LogP contribution in [0.3, 0.4) is 0 Å². The van der Waals surface area contributed by atoms with Crippen molar-refractivity contribution in [3.63, 3.8) is 0 Å². The van der Waals surface area contributed by atoms with E-state index in [0.29, 0.717) is 6.04 Å². The predicted octanol–water partition coefficient (Wildman–Crippen LogP) is 2.18. The largest absolute Gasteiger partial charge is 0.368 e. The standard InChI is InChI=1S/C14H22BrN3/c1-16-8-7-12-11-18(10-9-17(12)2)14-6-4-3-5-13(14)15/h3-6,12,16H,7-11H2,1-2H3. The average molecular weight is 312 g/mol. The Labute approximate surface area is 118 Å². The summed E-state index contributed by atoms with van der Waals surface area (Å²) in [6.45, 7) is 4.44. The predicted molar refractivity (Wildman–Crippen MR) is 81.3 cm³/mol. The maximum absolute atomic E-state index is 3.65. The van der Waals surface area contributed by atoms with E-state index in [1.165, 1.54) is 16.6 Å². The monoisotopic (exact) mass is 311 g/mol. The molecule has 0 spiro atoms. The Hall–Kier alpha value is -0.580. The fourth-order valence-corrected chi connectivity index (χ4v) is 3.03. The maximum atomic E-state index is 3.65. The number of para-hydroxylation sites is 1. The van der Waals surface area contributed by atoms with E-state index in [1.54, 1.807) is 0 Å². The summed E-state index contributed by atoms with van der Waals surface area (Å²) < 4.78 is 1.20. The van der Waals surface area contributed by atoms with Crippen LogP contribution in [-0.4, -0.2) is 51.2 Å². The van der Waals surface area contributed by atoms with Gasteiger partial charge >= 0.3 is 0 Å². The van der Waals surface area contributed by atoms with Crippen LogP contribution in [0.15, 0.2) is 28.7 Å². The molecule has 100 valence electrons. The lowest BCUT2D eigenvalue weighted by molar-refractivity contribution is 0.208. The Kier molecular flexibility index (Phi) is 5.03. The van der Waals surface area contributed by atoms with Crippen molar-refractivity contribution in [2.45, 2.75) is 12.5 Å². The van der Waals surface area contributed by atoms with Gasteiger partial charge in [0.25, 0.3) is 0 Å². The van der Waals surface area contributed by atoms with Crippen molar-refractivity contribution in [3.8, 4) is 0 Å². The summed E-state index contributed by atoms with van der Waals surface area (Å²) in [7, 11) is 4.26. The minimum atomic E-state index is 0.637. The van der Waals surface area contributed by atoms with Gasteiger partial charge in [0.15, 0.2) is 0 Å². The lowest BCUT2D eigenvalue weighted by atomic mass is 10.1. The van der Waals surface area contributed by atoms with E-state index in [4.69, 9.17) is 0 Å². The third-order valence-corrected chi connectivity index (χ3v) is 4.37. The first-order valence-electron chi connectivity index (χ1n) is 6.56. The summed E-state index contributed by atoms with van der Waals surface area (Å²) in [5.41, 5.74) is 1.32. The van der Waals surface area contributed by atoms with Crippen LogP contribution in [0.1, 0.15) is 6.42 Å². The highest BCUT2D eigenvalue weighted by Gasteiger charge is 2.24. The number of piperazine rings is 1. The van der Waals surface area contributed by atoms with Crippen molar-refractivity contribution >= 4 is 21.6 Å². The fraction of sp³-hybridized carbons (Fsp3) is 0.571. The zero-order valence-corrected chi connectivity index (χ0v) is 12.8. The molecule has 1 aliphatic rings. The molecule has 1 unspecified atom stereocenters. The molecule has 1 N–H and O–H groups in total. The Morgan fingerprint density at radius 2 is 2.11 bits per heavy atom. The molecule has 0 aliphatic carbocycles. The molecule has 0 amide bonds. The van der Waals surface area contributed by atoms with Gasteiger partial charge in [-0.25, -0.2) is 0 Å². The summed E-state index contributed by atoms with van der Waals surface area (Å²) in [6.07, 6.45) is 1.20.